The summed E-state index contributed by atoms with van der Waals surface area (Å²) in [6.07, 6.45) is 0. The van der Waals surface area contributed by atoms with Gasteiger partial charge in [0.05, 0.1) is 11.4 Å². The maximum Gasteiger partial charge on any atom is 0.233 e. The molecule has 0 saturated carbocycles. The monoisotopic (exact) mass is 434 g/mol. The minimum absolute atomic E-state index is 0.0530. The molecule has 0 saturated heterocycles. The molecule has 2 aromatic rings. The highest BCUT2D eigenvalue weighted by Crippen LogP contribution is 2.22. The van der Waals surface area contributed by atoms with Crippen molar-refractivity contribution in [3.63, 3.8) is 0 Å². The highest BCUT2D eigenvalue weighted by Gasteiger charge is 2.12. The van der Waals surface area contributed by atoms with E-state index >= 15 is 0 Å². The Balaban J connectivity index is 1.91. The van der Waals surface area contributed by atoms with Crippen molar-refractivity contribution in [2.24, 2.45) is 0 Å². The van der Waals surface area contributed by atoms with Gasteiger partial charge in [-0.05, 0) is 52.9 Å². The molecule has 2 rings (SSSR count). The topological polar surface area (TPSA) is 72.2 Å². The van der Waals surface area contributed by atoms with Gasteiger partial charge in [0.25, 0.3) is 0 Å². The highest BCUT2D eigenvalue weighted by molar-refractivity contribution is 14.1. The lowest BCUT2D eigenvalue weighted by atomic mass is 10.3. The van der Waals surface area contributed by atoms with Gasteiger partial charge in [-0.3, -0.25) is 4.72 Å². The van der Waals surface area contributed by atoms with Gasteiger partial charge in [0.15, 0.2) is 0 Å². The van der Waals surface area contributed by atoms with E-state index in [4.69, 9.17) is 5.73 Å². The number of nitrogens with one attached hydrogen (secondary N) is 1. The molecule has 0 unspecified atom stereocenters. The van der Waals surface area contributed by atoms with Gasteiger partial charge in [-0.1, -0.05) is 18.2 Å². The van der Waals surface area contributed by atoms with Crippen LogP contribution in [0.5, 0.6) is 0 Å². The summed E-state index contributed by atoms with van der Waals surface area (Å²) in [7, 11) is -3.34. The first-order chi connectivity index (χ1) is 9.96. The van der Waals surface area contributed by atoms with E-state index in [1.54, 1.807) is 12.1 Å². The quantitative estimate of drug-likeness (QED) is 0.415. The zero-order chi connectivity index (χ0) is 15.3. The first kappa shape index (κ1) is 16.4. The van der Waals surface area contributed by atoms with Crippen LogP contribution in [-0.4, -0.2) is 19.9 Å². The normalized spacial score (nSPS) is 11.3. The van der Waals surface area contributed by atoms with Crippen molar-refractivity contribution in [3.8, 4) is 0 Å². The molecule has 0 aromatic heterocycles. The Kier molecular flexibility index (Phi) is 5.77. The molecule has 0 aliphatic rings. The molecule has 0 aliphatic heterocycles. The minimum Gasteiger partial charge on any atom is -0.399 e. The van der Waals surface area contributed by atoms with Crippen molar-refractivity contribution in [2.45, 2.75) is 4.90 Å². The molecule has 0 radical (unpaired) electrons. The summed E-state index contributed by atoms with van der Waals surface area (Å²) < 4.78 is 27.6. The predicted octanol–water partition coefficient (Wildman–Crippen LogP) is 3.41. The SMILES string of the molecule is Nc1cccc(SCCS(=O)(=O)Nc2ccccc2I)c1. The summed E-state index contributed by atoms with van der Waals surface area (Å²) in [4.78, 5) is 0.972. The Morgan fingerprint density at radius 1 is 1.14 bits per heavy atom. The zero-order valence-electron chi connectivity index (χ0n) is 11.1. The second-order valence-corrected chi connectivity index (χ2v) is 8.49. The van der Waals surface area contributed by atoms with Crippen LogP contribution in [0.2, 0.25) is 0 Å². The fourth-order valence-corrected chi connectivity index (χ4v) is 4.80. The largest absolute Gasteiger partial charge is 0.399 e. The molecule has 7 heteroatoms. The molecule has 0 heterocycles. The smallest absolute Gasteiger partial charge is 0.233 e. The summed E-state index contributed by atoms with van der Waals surface area (Å²) in [5.41, 5.74) is 6.99. The Morgan fingerprint density at radius 2 is 1.90 bits per heavy atom. The summed E-state index contributed by atoms with van der Waals surface area (Å²) in [6, 6.07) is 14.7. The van der Waals surface area contributed by atoms with Gasteiger partial charge >= 0.3 is 0 Å². The van der Waals surface area contributed by atoms with Crippen LogP contribution < -0.4 is 10.5 Å². The van der Waals surface area contributed by atoms with Crippen molar-refractivity contribution in [3.05, 3.63) is 52.1 Å². The number of halogens is 1. The molecule has 2 aromatic carbocycles. The van der Waals surface area contributed by atoms with E-state index in [9.17, 15) is 8.42 Å². The van der Waals surface area contributed by atoms with Gasteiger partial charge in [-0.15, -0.1) is 11.8 Å². The number of nitrogens with two attached hydrogens (primary N) is 1. The molecule has 3 N–H and O–H groups in total. The van der Waals surface area contributed by atoms with E-state index in [0.29, 0.717) is 17.1 Å². The van der Waals surface area contributed by atoms with Crippen LogP contribution >= 0.6 is 34.4 Å². The molecule has 112 valence electrons. The number of sulfonamides is 1. The third kappa shape index (κ3) is 5.40. The van der Waals surface area contributed by atoms with Crippen LogP contribution in [0.15, 0.2) is 53.4 Å². The number of anilines is 2. The Bertz CT molecular complexity index is 720. The molecule has 0 fully saturated rings. The lowest BCUT2D eigenvalue weighted by Crippen LogP contribution is -2.18. The maximum atomic E-state index is 12.1. The zero-order valence-corrected chi connectivity index (χ0v) is 14.9. The predicted molar refractivity (Wildman–Crippen MR) is 98.1 cm³/mol. The van der Waals surface area contributed by atoms with Crippen molar-refractivity contribution in [1.29, 1.82) is 0 Å². The number of para-hydroxylation sites is 1. The molecule has 4 nitrogen and oxygen atoms in total. The first-order valence-electron chi connectivity index (χ1n) is 6.20. The van der Waals surface area contributed by atoms with Crippen LogP contribution in [0.4, 0.5) is 11.4 Å². The van der Waals surface area contributed by atoms with Crippen LogP contribution in [0, 0.1) is 3.57 Å². The lowest BCUT2D eigenvalue weighted by Gasteiger charge is -2.09. The summed E-state index contributed by atoms with van der Waals surface area (Å²) in [6.45, 7) is 0. The number of benzene rings is 2. The van der Waals surface area contributed by atoms with Crippen molar-refractivity contribution < 1.29 is 8.42 Å². The Labute approximate surface area is 142 Å². The van der Waals surface area contributed by atoms with Crippen molar-refractivity contribution in [2.75, 3.05) is 22.0 Å². The van der Waals surface area contributed by atoms with Gasteiger partial charge in [0, 0.05) is 19.9 Å². The van der Waals surface area contributed by atoms with Crippen molar-refractivity contribution in [1.82, 2.24) is 0 Å². The molecule has 21 heavy (non-hydrogen) atoms. The van der Waals surface area contributed by atoms with E-state index in [-0.39, 0.29) is 5.75 Å². The third-order valence-corrected chi connectivity index (χ3v) is 6.09. The molecule has 0 spiro atoms. The second kappa shape index (κ2) is 7.37. The second-order valence-electron chi connectivity index (χ2n) is 4.32. The number of hydrogen-bond donors (Lipinski definition) is 2. The summed E-state index contributed by atoms with van der Waals surface area (Å²) in [5, 5.41) is 0. The first-order valence-corrected chi connectivity index (χ1v) is 9.91. The molecular formula is C14H15IN2O2S2. The average Bonchev–Trinajstić information content (AvgIpc) is 2.41. The molecule has 0 bridgehead atoms. The minimum atomic E-state index is -3.34. The highest BCUT2D eigenvalue weighted by atomic mass is 127. The van der Waals surface area contributed by atoms with E-state index in [0.717, 1.165) is 8.47 Å². The van der Waals surface area contributed by atoms with Crippen LogP contribution in [0.3, 0.4) is 0 Å². The van der Waals surface area contributed by atoms with Gasteiger partial charge in [0.2, 0.25) is 10.0 Å². The number of hydrogen-bond acceptors (Lipinski definition) is 4. The van der Waals surface area contributed by atoms with E-state index < -0.39 is 10.0 Å². The number of thioether (sulfide) groups is 1. The van der Waals surface area contributed by atoms with Crippen molar-refractivity contribution >= 4 is 55.8 Å². The Hall–Kier alpha value is -0.930. The third-order valence-electron chi connectivity index (χ3n) is 2.62. The van der Waals surface area contributed by atoms with E-state index in [2.05, 4.69) is 27.3 Å². The number of nitrogen functional groups attached to an aromatic ring is 1. The fraction of sp³-hybridized carbons (Fsp3) is 0.143. The van der Waals surface area contributed by atoms with Gasteiger partial charge in [0.1, 0.15) is 0 Å². The van der Waals surface area contributed by atoms with Crippen LogP contribution in [0.25, 0.3) is 0 Å². The molecule has 0 atom stereocenters. The summed E-state index contributed by atoms with van der Waals surface area (Å²) >= 11 is 3.58. The molecule has 0 amide bonds. The van der Waals surface area contributed by atoms with Crippen LogP contribution in [-0.2, 0) is 10.0 Å². The van der Waals surface area contributed by atoms with E-state index in [1.165, 1.54) is 11.8 Å². The van der Waals surface area contributed by atoms with Crippen LogP contribution in [0.1, 0.15) is 0 Å². The molecular weight excluding hydrogens is 419 g/mol. The fourth-order valence-electron chi connectivity index (χ4n) is 1.64. The average molecular weight is 434 g/mol. The number of rotatable bonds is 6. The molecule has 0 aliphatic carbocycles. The van der Waals surface area contributed by atoms with E-state index in [1.807, 2.05) is 36.4 Å². The van der Waals surface area contributed by atoms with Gasteiger partial charge in [-0.25, -0.2) is 8.42 Å². The Morgan fingerprint density at radius 3 is 2.62 bits per heavy atom. The standard InChI is InChI=1S/C14H15IN2O2S2/c15-13-6-1-2-7-14(13)17-21(18,19)9-8-20-12-5-3-4-11(16)10-12/h1-7,10,17H,8-9,16H2. The lowest BCUT2D eigenvalue weighted by molar-refractivity contribution is 0.602. The van der Waals surface area contributed by atoms with Gasteiger partial charge in [-0.2, -0.15) is 0 Å². The maximum absolute atomic E-state index is 12.1. The summed E-state index contributed by atoms with van der Waals surface area (Å²) in [5.74, 6) is 0.527. The van der Waals surface area contributed by atoms with Gasteiger partial charge < -0.3 is 5.73 Å².